The molecule has 2 aromatic heterocycles. The van der Waals surface area contributed by atoms with Gasteiger partial charge in [-0.1, -0.05) is 90.4 Å². The molecule has 13 heteroatoms. The molecule has 0 aliphatic heterocycles. The Balaban J connectivity index is 1.45. The highest BCUT2D eigenvalue weighted by Crippen LogP contribution is 2.36. The molecule has 0 bridgehead atoms. The molecule has 3 unspecified atom stereocenters. The molecule has 1 aromatic carbocycles. The van der Waals surface area contributed by atoms with E-state index in [0.29, 0.717) is 29.7 Å². The lowest BCUT2D eigenvalue weighted by atomic mass is 9.99. The van der Waals surface area contributed by atoms with E-state index in [-0.39, 0.29) is 31.8 Å². The highest BCUT2D eigenvalue weighted by molar-refractivity contribution is 7.40. The first-order valence-electron chi connectivity index (χ1n) is 17.9. The molecule has 274 valence electrons. The van der Waals surface area contributed by atoms with Crippen molar-refractivity contribution >= 4 is 19.9 Å². The molecular formula is C37H54FN6O5P. The summed E-state index contributed by atoms with van der Waals surface area (Å²) in [7, 11) is -0.925. The van der Waals surface area contributed by atoms with Crippen LogP contribution in [-0.2, 0) is 31.5 Å². The third kappa shape index (κ3) is 14.6. The zero-order valence-corrected chi connectivity index (χ0v) is 30.6. The third-order valence-electron chi connectivity index (χ3n) is 8.92. The number of nitrogens with two attached hydrogens (primary N) is 1. The lowest BCUT2D eigenvalue weighted by Crippen LogP contribution is -2.35. The molecule has 0 saturated carbocycles. The molecule has 3 rings (SSSR count). The molecule has 3 aromatic rings. The monoisotopic (exact) mass is 712 g/mol. The van der Waals surface area contributed by atoms with Gasteiger partial charge in [-0.15, -0.1) is 0 Å². The van der Waals surface area contributed by atoms with Crippen molar-refractivity contribution in [2.45, 2.75) is 128 Å². The van der Waals surface area contributed by atoms with E-state index in [0.717, 1.165) is 25.0 Å². The average molecular weight is 713 g/mol. The molecule has 0 spiro atoms. The van der Waals surface area contributed by atoms with E-state index < -0.39 is 26.1 Å². The SMILES string of the molecule is CCCCCCCCCCCCCCCC(COP(O)OCC(C#N)(CCc1ccc2c(N)ncnn12)OC)OCc1cc(F)cc(C#N)c1. The molecule has 0 amide bonds. The van der Waals surface area contributed by atoms with E-state index in [2.05, 4.69) is 23.1 Å². The van der Waals surface area contributed by atoms with Gasteiger partial charge in [0.1, 0.15) is 23.7 Å². The Kier molecular flexibility index (Phi) is 19.2. The van der Waals surface area contributed by atoms with Crippen LogP contribution < -0.4 is 5.73 Å². The summed E-state index contributed by atoms with van der Waals surface area (Å²) in [6.45, 7) is 2.17. The summed E-state index contributed by atoms with van der Waals surface area (Å²) in [5.41, 5.74) is 6.86. The van der Waals surface area contributed by atoms with Crippen LogP contribution in [-0.4, -0.2) is 51.5 Å². The number of unbranched alkanes of at least 4 members (excludes halogenated alkanes) is 12. The van der Waals surface area contributed by atoms with Crippen molar-refractivity contribution in [2.75, 3.05) is 26.1 Å². The number of methoxy groups -OCH3 is 1. The van der Waals surface area contributed by atoms with E-state index in [1.165, 1.54) is 89.8 Å². The van der Waals surface area contributed by atoms with E-state index in [4.69, 9.17) is 24.3 Å². The van der Waals surface area contributed by atoms with Gasteiger partial charge in [-0.3, -0.25) is 0 Å². The Hall–Kier alpha value is -3.22. The highest BCUT2D eigenvalue weighted by atomic mass is 31.2. The number of ether oxygens (including phenoxy) is 2. The molecule has 0 fully saturated rings. The molecule has 3 N–H and O–H groups in total. The van der Waals surface area contributed by atoms with Crippen LogP contribution in [0.3, 0.4) is 0 Å². The van der Waals surface area contributed by atoms with Gasteiger partial charge in [0.2, 0.25) is 0 Å². The number of aromatic nitrogens is 3. The van der Waals surface area contributed by atoms with Crippen molar-refractivity contribution in [3.05, 3.63) is 59.3 Å². The largest absolute Gasteiger partial charge is 0.382 e. The van der Waals surface area contributed by atoms with Gasteiger partial charge in [0.05, 0.1) is 37.6 Å². The third-order valence-corrected chi connectivity index (χ3v) is 9.64. The Bertz CT molecular complexity index is 1500. The standard InChI is InChI=1S/C37H54FN6O5P/c1-3-4-5-6-7-8-9-10-11-12-13-14-15-16-34(47-25-31-21-30(24-39)22-32(38)23-31)26-48-50(45)49-28-37(27-40,46-2)20-19-33-17-18-35-36(41)42-29-43-44(33)35/h17-18,21-23,29,34,45H,3-16,19-20,25-26,28H2,1-2H3,(H2,41,42,43). The number of hydrogen-bond acceptors (Lipinski definition) is 10. The first-order chi connectivity index (χ1) is 24.3. The topological polar surface area (TPSA) is 161 Å². The van der Waals surface area contributed by atoms with Crippen LogP contribution >= 0.6 is 8.60 Å². The predicted octanol–water partition coefficient (Wildman–Crippen LogP) is 8.48. The summed E-state index contributed by atoms with van der Waals surface area (Å²) in [5, 5.41) is 23.4. The quantitative estimate of drug-likeness (QED) is 0.0579. The molecule has 0 saturated heterocycles. The lowest BCUT2D eigenvalue weighted by Gasteiger charge is -2.26. The predicted molar refractivity (Wildman–Crippen MR) is 192 cm³/mol. The smallest absolute Gasteiger partial charge is 0.330 e. The van der Waals surface area contributed by atoms with Crippen LogP contribution in [0.25, 0.3) is 5.52 Å². The Morgan fingerprint density at radius 3 is 2.30 bits per heavy atom. The number of hydrogen-bond donors (Lipinski definition) is 2. The number of anilines is 1. The van der Waals surface area contributed by atoms with Crippen molar-refractivity contribution in [1.29, 1.82) is 10.5 Å². The first kappa shape index (κ1) is 41.2. The Labute approximate surface area is 297 Å². The zero-order valence-electron chi connectivity index (χ0n) is 29.7. The molecule has 0 aliphatic carbocycles. The number of fused-ring (bicyclic) bond motifs is 1. The van der Waals surface area contributed by atoms with Gasteiger partial charge in [-0.05, 0) is 55.2 Å². The fourth-order valence-corrected chi connectivity index (χ4v) is 6.54. The fraction of sp³-hybridized carbons (Fsp3) is 0.622. The lowest BCUT2D eigenvalue weighted by molar-refractivity contribution is -0.0212. The number of nitrogen functional groups attached to an aromatic ring is 1. The molecule has 0 aliphatic rings. The Morgan fingerprint density at radius 1 is 0.980 bits per heavy atom. The van der Waals surface area contributed by atoms with Gasteiger partial charge < -0.3 is 29.1 Å². The van der Waals surface area contributed by atoms with Crippen LogP contribution in [0.5, 0.6) is 0 Å². The van der Waals surface area contributed by atoms with Crippen LogP contribution in [0.1, 0.15) is 120 Å². The minimum absolute atomic E-state index is 0.0463. The van der Waals surface area contributed by atoms with Crippen molar-refractivity contribution in [3.8, 4) is 12.1 Å². The van der Waals surface area contributed by atoms with Gasteiger partial charge in [0.25, 0.3) is 0 Å². The highest BCUT2D eigenvalue weighted by Gasteiger charge is 2.32. The number of nitrogens with zero attached hydrogens (tertiary/aromatic N) is 5. The van der Waals surface area contributed by atoms with E-state index in [9.17, 15) is 19.8 Å². The minimum Gasteiger partial charge on any atom is -0.382 e. The van der Waals surface area contributed by atoms with Gasteiger partial charge in [-0.25, -0.2) is 13.9 Å². The van der Waals surface area contributed by atoms with Gasteiger partial charge in [-0.2, -0.15) is 15.6 Å². The van der Waals surface area contributed by atoms with Crippen LogP contribution in [0.15, 0.2) is 36.7 Å². The van der Waals surface area contributed by atoms with Crippen molar-refractivity contribution < 1.29 is 27.8 Å². The maximum absolute atomic E-state index is 14.0. The maximum atomic E-state index is 14.0. The second-order valence-corrected chi connectivity index (χ2v) is 13.8. The zero-order chi connectivity index (χ0) is 36.0. The minimum atomic E-state index is -2.35. The first-order valence-corrected chi connectivity index (χ1v) is 19.1. The van der Waals surface area contributed by atoms with Gasteiger partial charge in [0.15, 0.2) is 11.4 Å². The number of halogens is 1. The molecule has 3 atom stereocenters. The summed E-state index contributed by atoms with van der Waals surface area (Å²) in [6.07, 6.45) is 18.6. The van der Waals surface area contributed by atoms with Crippen molar-refractivity contribution in [1.82, 2.24) is 14.6 Å². The molecule has 11 nitrogen and oxygen atoms in total. The molecule has 2 heterocycles. The number of rotatable bonds is 27. The van der Waals surface area contributed by atoms with E-state index in [1.54, 1.807) is 10.6 Å². The maximum Gasteiger partial charge on any atom is 0.330 e. The van der Waals surface area contributed by atoms with Crippen molar-refractivity contribution in [2.24, 2.45) is 0 Å². The average Bonchev–Trinajstić information content (AvgIpc) is 3.55. The summed E-state index contributed by atoms with van der Waals surface area (Å²) in [6, 6.07) is 11.9. The van der Waals surface area contributed by atoms with Gasteiger partial charge >= 0.3 is 8.60 Å². The molecule has 0 radical (unpaired) electrons. The Morgan fingerprint density at radius 2 is 1.66 bits per heavy atom. The molecular weight excluding hydrogens is 658 g/mol. The van der Waals surface area contributed by atoms with Crippen molar-refractivity contribution in [3.63, 3.8) is 0 Å². The van der Waals surface area contributed by atoms with Crippen LogP contribution in [0, 0.1) is 28.5 Å². The van der Waals surface area contributed by atoms with Crippen LogP contribution in [0.2, 0.25) is 0 Å². The summed E-state index contributed by atoms with van der Waals surface area (Å²) >= 11 is 0. The summed E-state index contributed by atoms with van der Waals surface area (Å²) in [4.78, 5) is 14.6. The van der Waals surface area contributed by atoms with Gasteiger partial charge in [0, 0.05) is 12.8 Å². The second-order valence-electron chi connectivity index (χ2n) is 12.8. The van der Waals surface area contributed by atoms with E-state index in [1.807, 2.05) is 18.2 Å². The fourth-order valence-electron chi connectivity index (χ4n) is 5.85. The number of aryl methyl sites for hydroxylation is 1. The normalized spacial score (nSPS) is 13.9. The summed E-state index contributed by atoms with van der Waals surface area (Å²) in [5.74, 6) is -0.143. The summed E-state index contributed by atoms with van der Waals surface area (Å²) < 4.78 is 38.6. The second kappa shape index (κ2) is 23.3. The number of nitriles is 2. The molecule has 50 heavy (non-hydrogen) atoms. The number of benzene rings is 1. The van der Waals surface area contributed by atoms with Crippen LogP contribution in [0.4, 0.5) is 10.2 Å². The van der Waals surface area contributed by atoms with E-state index >= 15 is 0 Å².